The molecule has 0 spiro atoms. The number of rotatable bonds is 7. The lowest BCUT2D eigenvalue weighted by Gasteiger charge is -2.35. The molecule has 6 heteroatoms. The third kappa shape index (κ3) is 5.36. The molecule has 2 aromatic carbocycles. The second-order valence-corrected chi connectivity index (χ2v) is 8.93. The molecular weight excluding hydrogens is 394 g/mol. The molecule has 0 aromatic heterocycles. The van der Waals surface area contributed by atoms with Crippen LogP contribution in [0.4, 0.5) is 11.4 Å². The maximum Gasteiger partial charge on any atom is 0.256 e. The standard InChI is InChI=1S/C24H31N3O2S/c1-2-26-13-15-27(16-14-26)20-11-9-19(10-12-20)25-24(28)22-7-3-4-8-23(22)30-18-21-6-5-17-29-21/h3-4,7-12,21H,2,5-6,13-18H2,1H3,(H,25,28)/t21-/m1/s1. The Morgan fingerprint density at radius 3 is 2.57 bits per heavy atom. The minimum Gasteiger partial charge on any atom is -0.377 e. The zero-order valence-electron chi connectivity index (χ0n) is 17.7. The Labute approximate surface area is 183 Å². The molecule has 0 saturated carbocycles. The van der Waals surface area contributed by atoms with E-state index in [9.17, 15) is 4.79 Å². The number of thioether (sulfide) groups is 1. The van der Waals surface area contributed by atoms with Crippen LogP contribution in [0.25, 0.3) is 0 Å². The molecule has 1 amide bonds. The van der Waals surface area contributed by atoms with Gasteiger partial charge in [-0.25, -0.2) is 0 Å². The van der Waals surface area contributed by atoms with Crippen molar-refractivity contribution in [3.05, 3.63) is 54.1 Å². The van der Waals surface area contributed by atoms with Gasteiger partial charge in [-0.05, 0) is 55.8 Å². The Morgan fingerprint density at radius 2 is 1.87 bits per heavy atom. The first-order valence-corrected chi connectivity index (χ1v) is 11.9. The van der Waals surface area contributed by atoms with Crippen molar-refractivity contribution in [2.45, 2.75) is 30.8 Å². The number of carbonyl (C=O) groups excluding carboxylic acids is 1. The summed E-state index contributed by atoms with van der Waals surface area (Å²) in [5, 5.41) is 3.06. The molecule has 2 aromatic rings. The van der Waals surface area contributed by atoms with Crippen LogP contribution < -0.4 is 10.2 Å². The molecule has 0 bridgehead atoms. The third-order valence-corrected chi connectivity index (χ3v) is 7.10. The maximum absolute atomic E-state index is 12.9. The summed E-state index contributed by atoms with van der Waals surface area (Å²) in [5.74, 6) is 0.833. The first kappa shape index (κ1) is 21.2. The van der Waals surface area contributed by atoms with Crippen LogP contribution >= 0.6 is 11.8 Å². The summed E-state index contributed by atoms with van der Waals surface area (Å²) in [6, 6.07) is 16.0. The van der Waals surface area contributed by atoms with Crippen molar-refractivity contribution < 1.29 is 9.53 Å². The van der Waals surface area contributed by atoms with Crippen molar-refractivity contribution in [2.75, 3.05) is 55.3 Å². The maximum atomic E-state index is 12.9. The number of piperazine rings is 1. The first-order chi connectivity index (χ1) is 14.7. The number of carbonyl (C=O) groups is 1. The van der Waals surface area contributed by atoms with Gasteiger partial charge in [-0.3, -0.25) is 4.79 Å². The van der Waals surface area contributed by atoms with Gasteiger partial charge in [0.25, 0.3) is 5.91 Å². The van der Waals surface area contributed by atoms with Crippen LogP contribution in [0.1, 0.15) is 30.1 Å². The molecular formula is C24H31N3O2S. The van der Waals surface area contributed by atoms with Crippen LogP contribution in [0, 0.1) is 0 Å². The van der Waals surface area contributed by atoms with Crippen LogP contribution in [0.5, 0.6) is 0 Å². The molecule has 5 nitrogen and oxygen atoms in total. The normalized spacial score (nSPS) is 19.8. The smallest absolute Gasteiger partial charge is 0.256 e. The number of ether oxygens (including phenoxy) is 1. The van der Waals surface area contributed by atoms with E-state index in [4.69, 9.17) is 4.74 Å². The lowest BCUT2D eigenvalue weighted by molar-refractivity contribution is 0.102. The van der Waals surface area contributed by atoms with Crippen LogP contribution in [0.2, 0.25) is 0 Å². The Kier molecular flexibility index (Phi) is 7.31. The summed E-state index contributed by atoms with van der Waals surface area (Å²) >= 11 is 1.71. The molecule has 1 N–H and O–H groups in total. The number of hydrogen-bond acceptors (Lipinski definition) is 5. The van der Waals surface area contributed by atoms with E-state index in [1.165, 1.54) is 5.69 Å². The largest absolute Gasteiger partial charge is 0.377 e. The van der Waals surface area contributed by atoms with Gasteiger partial charge in [-0.1, -0.05) is 19.1 Å². The van der Waals surface area contributed by atoms with Crippen LogP contribution in [-0.2, 0) is 4.74 Å². The summed E-state index contributed by atoms with van der Waals surface area (Å²) in [5.41, 5.74) is 2.77. The van der Waals surface area contributed by atoms with E-state index in [-0.39, 0.29) is 5.91 Å². The van der Waals surface area contributed by atoms with E-state index in [0.29, 0.717) is 6.10 Å². The van der Waals surface area contributed by atoms with Gasteiger partial charge in [0.05, 0.1) is 11.7 Å². The van der Waals surface area contributed by atoms with Crippen molar-refractivity contribution in [1.29, 1.82) is 0 Å². The zero-order chi connectivity index (χ0) is 20.8. The Balaban J connectivity index is 1.36. The highest BCUT2D eigenvalue weighted by atomic mass is 32.2. The molecule has 2 aliphatic heterocycles. The van der Waals surface area contributed by atoms with Gasteiger partial charge >= 0.3 is 0 Å². The predicted molar refractivity (Wildman–Crippen MR) is 125 cm³/mol. The SMILES string of the molecule is CCN1CCN(c2ccc(NC(=O)c3ccccc3SC[C@H]3CCCO3)cc2)CC1. The number of likely N-dealkylation sites (N-methyl/N-ethyl adjacent to an activating group) is 1. The number of nitrogens with zero attached hydrogens (tertiary/aromatic N) is 2. The van der Waals surface area contributed by atoms with Crippen molar-refractivity contribution in [3.63, 3.8) is 0 Å². The quantitative estimate of drug-likeness (QED) is 0.668. The van der Waals surface area contributed by atoms with Crippen LogP contribution in [-0.4, -0.2) is 62.0 Å². The fourth-order valence-corrected chi connectivity index (χ4v) is 5.13. The van der Waals surface area contributed by atoms with Crippen molar-refractivity contribution in [1.82, 2.24) is 4.90 Å². The number of amides is 1. The molecule has 0 radical (unpaired) electrons. The van der Waals surface area contributed by atoms with Crippen molar-refractivity contribution in [3.8, 4) is 0 Å². The predicted octanol–water partition coefficient (Wildman–Crippen LogP) is 4.35. The number of benzene rings is 2. The topological polar surface area (TPSA) is 44.8 Å². The highest BCUT2D eigenvalue weighted by Gasteiger charge is 2.19. The van der Waals surface area contributed by atoms with E-state index in [0.717, 1.165) is 74.1 Å². The fourth-order valence-electron chi connectivity index (χ4n) is 4.01. The number of hydrogen-bond donors (Lipinski definition) is 1. The molecule has 4 rings (SSSR count). The second kappa shape index (κ2) is 10.3. The molecule has 1 atom stereocenters. The molecule has 160 valence electrons. The first-order valence-electron chi connectivity index (χ1n) is 10.9. The monoisotopic (exact) mass is 425 g/mol. The van der Waals surface area contributed by atoms with Gasteiger partial charge in [0, 0.05) is 54.8 Å². The minimum atomic E-state index is -0.0604. The Hall–Kier alpha value is -2.02. The average Bonchev–Trinajstić information content (AvgIpc) is 3.32. The number of nitrogens with one attached hydrogen (secondary N) is 1. The van der Waals surface area contributed by atoms with E-state index in [1.54, 1.807) is 11.8 Å². The zero-order valence-corrected chi connectivity index (χ0v) is 18.5. The van der Waals surface area contributed by atoms with Crippen LogP contribution in [0.15, 0.2) is 53.4 Å². The van der Waals surface area contributed by atoms with Gasteiger partial charge < -0.3 is 19.9 Å². The van der Waals surface area contributed by atoms with Crippen LogP contribution in [0.3, 0.4) is 0 Å². The van der Waals surface area contributed by atoms with Gasteiger partial charge in [-0.2, -0.15) is 0 Å². The lowest BCUT2D eigenvalue weighted by Crippen LogP contribution is -2.46. The van der Waals surface area contributed by atoms with E-state index >= 15 is 0 Å². The fraction of sp³-hybridized carbons (Fsp3) is 0.458. The third-order valence-electron chi connectivity index (χ3n) is 5.89. The lowest BCUT2D eigenvalue weighted by atomic mass is 10.2. The molecule has 30 heavy (non-hydrogen) atoms. The summed E-state index contributed by atoms with van der Waals surface area (Å²) in [6.45, 7) is 8.50. The Morgan fingerprint density at radius 1 is 1.10 bits per heavy atom. The average molecular weight is 426 g/mol. The number of anilines is 2. The summed E-state index contributed by atoms with van der Waals surface area (Å²) in [6.07, 6.45) is 2.55. The van der Waals surface area contributed by atoms with E-state index in [2.05, 4.69) is 34.2 Å². The summed E-state index contributed by atoms with van der Waals surface area (Å²) < 4.78 is 5.72. The molecule has 2 saturated heterocycles. The van der Waals surface area contributed by atoms with E-state index < -0.39 is 0 Å². The molecule has 2 fully saturated rings. The highest BCUT2D eigenvalue weighted by molar-refractivity contribution is 7.99. The van der Waals surface area contributed by atoms with Gasteiger partial charge in [0.15, 0.2) is 0 Å². The van der Waals surface area contributed by atoms with Crippen molar-refractivity contribution >= 4 is 29.0 Å². The van der Waals surface area contributed by atoms with Gasteiger partial charge in [0.1, 0.15) is 0 Å². The van der Waals surface area contributed by atoms with Crippen molar-refractivity contribution in [2.24, 2.45) is 0 Å². The summed E-state index contributed by atoms with van der Waals surface area (Å²) in [4.78, 5) is 18.8. The second-order valence-electron chi connectivity index (χ2n) is 7.86. The molecule has 2 aliphatic rings. The Bertz CT molecular complexity index is 829. The highest BCUT2D eigenvalue weighted by Crippen LogP contribution is 2.28. The molecule has 0 aliphatic carbocycles. The minimum absolute atomic E-state index is 0.0604. The summed E-state index contributed by atoms with van der Waals surface area (Å²) in [7, 11) is 0. The van der Waals surface area contributed by atoms with E-state index in [1.807, 2.05) is 36.4 Å². The molecule has 0 unspecified atom stereocenters. The molecule has 2 heterocycles. The van der Waals surface area contributed by atoms with Gasteiger partial charge in [-0.15, -0.1) is 11.8 Å². The van der Waals surface area contributed by atoms with Gasteiger partial charge in [0.2, 0.25) is 0 Å².